The summed E-state index contributed by atoms with van der Waals surface area (Å²) in [5.41, 5.74) is 7.43. The number of hydrogen-bond acceptors (Lipinski definition) is 5. The van der Waals surface area contributed by atoms with Crippen LogP contribution in [-0.2, 0) is 27.2 Å². The molecule has 0 unspecified atom stereocenters. The molecule has 1 fully saturated rings. The van der Waals surface area contributed by atoms with Crippen LogP contribution in [0, 0.1) is 11.7 Å². The van der Waals surface area contributed by atoms with Gasteiger partial charge in [-0.05, 0) is 77.1 Å². The Morgan fingerprint density at radius 3 is 2.35 bits per heavy atom. The number of alkyl halides is 3. The van der Waals surface area contributed by atoms with Crippen LogP contribution in [-0.4, -0.2) is 51.6 Å². The number of aromatic nitrogens is 2. The topological polar surface area (TPSA) is 91.4 Å². The summed E-state index contributed by atoms with van der Waals surface area (Å²) < 4.78 is 84.2. The first-order valence-corrected chi connectivity index (χ1v) is 18.6. The summed E-state index contributed by atoms with van der Waals surface area (Å²) >= 11 is 0. The molecule has 0 aliphatic heterocycles. The molecule has 0 radical (unpaired) electrons. The average Bonchev–Trinajstić information content (AvgIpc) is 3.59. The predicted octanol–water partition coefficient (Wildman–Crippen LogP) is 6.35. The first kappa shape index (κ1) is 33.1. The third-order valence-electron chi connectivity index (χ3n) is 7.00. The van der Waals surface area contributed by atoms with Crippen molar-refractivity contribution in [3.63, 3.8) is 0 Å². The number of nitrogens with two attached hydrogens (primary N) is 1. The lowest BCUT2D eigenvalue weighted by molar-refractivity contribution is -0.227. The maximum absolute atomic E-state index is 15.7. The second-order valence-electron chi connectivity index (χ2n) is 13.0. The van der Waals surface area contributed by atoms with E-state index in [4.69, 9.17) is 15.2 Å². The Morgan fingerprint density at radius 2 is 1.82 bits per heavy atom. The van der Waals surface area contributed by atoms with E-state index >= 15 is 4.39 Å². The summed E-state index contributed by atoms with van der Waals surface area (Å²) in [6, 6.07) is 2.59. The largest absolute Gasteiger partial charge is 0.414 e. The van der Waals surface area contributed by atoms with Gasteiger partial charge in [0.15, 0.2) is 6.10 Å². The fourth-order valence-electron chi connectivity index (χ4n) is 4.21. The number of nitrogens with one attached hydrogen (secondary N) is 1. The quantitative estimate of drug-likeness (QED) is 0.157. The highest BCUT2D eigenvalue weighted by Crippen LogP contribution is 2.41. The molecule has 3 rings (SSSR count). The van der Waals surface area contributed by atoms with Crippen LogP contribution in [0.25, 0.3) is 11.0 Å². The second kappa shape index (κ2) is 12.5. The van der Waals surface area contributed by atoms with Crippen molar-refractivity contribution in [3.05, 3.63) is 29.3 Å². The number of nitrogens with zero attached hydrogens (tertiary/aromatic N) is 2. The smallest absolute Gasteiger partial charge is 0.364 e. The molecule has 0 saturated heterocycles. The highest BCUT2D eigenvalue weighted by Gasteiger charge is 2.41. The molecular formula is C27H44F4N4O3SSi. The zero-order chi connectivity index (χ0) is 30.2. The minimum Gasteiger partial charge on any atom is -0.364 e. The Kier molecular flexibility index (Phi) is 10.3. The number of benzene rings is 1. The SMILES string of the molecule is C[C@@H](O[C@H](C)C(F)(F)F)[C@H](N[S@](=O)C(C)(C)C)c1nc2cc([C@H](N)C3CC3)cc(F)c2n1COCC[Si](C)(C)C. The molecule has 5 atom stereocenters. The van der Waals surface area contributed by atoms with Crippen molar-refractivity contribution in [1.82, 2.24) is 14.3 Å². The minimum atomic E-state index is -4.60. The van der Waals surface area contributed by atoms with Gasteiger partial charge in [0.25, 0.3) is 0 Å². The van der Waals surface area contributed by atoms with Crippen molar-refractivity contribution in [2.75, 3.05) is 6.61 Å². The van der Waals surface area contributed by atoms with Crippen molar-refractivity contribution in [3.8, 4) is 0 Å². The third kappa shape index (κ3) is 8.57. The lowest BCUT2D eigenvalue weighted by Crippen LogP contribution is -2.43. The molecule has 1 aromatic heterocycles. The van der Waals surface area contributed by atoms with Crippen molar-refractivity contribution >= 4 is 30.1 Å². The van der Waals surface area contributed by atoms with Gasteiger partial charge in [0.2, 0.25) is 0 Å². The number of halogens is 4. The Labute approximate surface area is 238 Å². The maximum Gasteiger partial charge on any atom is 0.414 e. The maximum atomic E-state index is 15.7. The normalized spacial score (nSPS) is 19.0. The number of hydrogen-bond donors (Lipinski definition) is 2. The summed E-state index contributed by atoms with van der Waals surface area (Å²) in [4.78, 5) is 4.69. The molecule has 1 aliphatic rings. The first-order valence-electron chi connectivity index (χ1n) is 13.7. The highest BCUT2D eigenvalue weighted by atomic mass is 32.2. The van der Waals surface area contributed by atoms with Gasteiger partial charge in [0, 0.05) is 20.7 Å². The van der Waals surface area contributed by atoms with E-state index in [2.05, 4.69) is 29.3 Å². The van der Waals surface area contributed by atoms with Crippen molar-refractivity contribution < 1.29 is 31.2 Å². The van der Waals surface area contributed by atoms with Crippen molar-refractivity contribution in [2.24, 2.45) is 11.7 Å². The summed E-state index contributed by atoms with van der Waals surface area (Å²) in [6.45, 7) is 14.6. The van der Waals surface area contributed by atoms with Gasteiger partial charge in [0.1, 0.15) is 29.9 Å². The number of imidazole rings is 1. The number of rotatable bonds is 13. The Balaban J connectivity index is 2.11. The van der Waals surface area contributed by atoms with Gasteiger partial charge in [-0.25, -0.2) is 18.3 Å². The average molecular weight is 609 g/mol. The predicted molar refractivity (Wildman–Crippen MR) is 153 cm³/mol. The van der Waals surface area contributed by atoms with Gasteiger partial charge in [-0.15, -0.1) is 0 Å². The molecule has 0 amide bonds. The van der Waals surface area contributed by atoms with Crippen LogP contribution in [0.3, 0.4) is 0 Å². The standard InChI is InChI=1S/C27H44F4N4O3SSi/c1-16(38-17(2)27(29,30)31)23(34-39(36)26(3,4)5)25-33-21-14-19(22(32)18-9-10-18)13-20(28)24(21)35(25)15-37-11-12-40(6,7)8/h13-14,16-18,22-23,34H,9-12,15,32H2,1-8H3/t16-,17-,22-,23+,39-/m1/s1. The molecular weight excluding hydrogens is 564 g/mol. The van der Waals surface area contributed by atoms with Crippen LogP contribution in [0.1, 0.15) is 70.9 Å². The fourth-order valence-corrected chi connectivity index (χ4v) is 5.84. The summed E-state index contributed by atoms with van der Waals surface area (Å²) in [5, 5.41) is 0. The van der Waals surface area contributed by atoms with E-state index in [1.807, 2.05) is 0 Å². The van der Waals surface area contributed by atoms with Gasteiger partial charge in [-0.1, -0.05) is 19.6 Å². The summed E-state index contributed by atoms with van der Waals surface area (Å²) in [6.07, 6.45) is -5.86. The molecule has 3 N–H and O–H groups in total. The molecule has 0 bridgehead atoms. The molecule has 7 nitrogen and oxygen atoms in total. The van der Waals surface area contributed by atoms with E-state index in [0.29, 0.717) is 17.7 Å². The van der Waals surface area contributed by atoms with Crippen LogP contribution in [0.5, 0.6) is 0 Å². The zero-order valence-electron chi connectivity index (χ0n) is 24.7. The minimum absolute atomic E-state index is 0.0802. The Bertz CT molecular complexity index is 1190. The van der Waals surface area contributed by atoms with E-state index < -0.39 is 54.0 Å². The number of ether oxygens (including phenoxy) is 2. The number of fused-ring (bicyclic) bond motifs is 1. The molecule has 1 saturated carbocycles. The van der Waals surface area contributed by atoms with Crippen LogP contribution in [0.15, 0.2) is 12.1 Å². The van der Waals surface area contributed by atoms with Crippen molar-refractivity contribution in [2.45, 2.75) is 115 Å². The molecule has 1 heterocycles. The molecule has 2 aromatic rings. The molecule has 40 heavy (non-hydrogen) atoms. The van der Waals surface area contributed by atoms with E-state index in [1.54, 1.807) is 26.8 Å². The summed E-state index contributed by atoms with van der Waals surface area (Å²) in [7, 11) is -3.12. The van der Waals surface area contributed by atoms with Gasteiger partial charge in [0.05, 0.1) is 27.4 Å². The second-order valence-corrected chi connectivity index (χ2v) is 20.6. The molecule has 0 spiro atoms. The van der Waals surface area contributed by atoms with Gasteiger partial charge in [-0.3, -0.25) is 4.57 Å². The lowest BCUT2D eigenvalue weighted by Gasteiger charge is -2.30. The third-order valence-corrected chi connectivity index (χ3v) is 10.3. The van der Waals surface area contributed by atoms with E-state index in [1.165, 1.54) is 17.6 Å². The highest BCUT2D eigenvalue weighted by molar-refractivity contribution is 7.84. The van der Waals surface area contributed by atoms with Gasteiger partial charge >= 0.3 is 6.18 Å². The molecule has 1 aromatic carbocycles. The van der Waals surface area contributed by atoms with Crippen LogP contribution in [0.2, 0.25) is 25.7 Å². The lowest BCUT2D eigenvalue weighted by atomic mass is 10.0. The van der Waals surface area contributed by atoms with E-state index in [0.717, 1.165) is 25.8 Å². The van der Waals surface area contributed by atoms with Gasteiger partial charge < -0.3 is 15.2 Å². The van der Waals surface area contributed by atoms with Crippen LogP contribution < -0.4 is 10.5 Å². The Morgan fingerprint density at radius 1 is 1.20 bits per heavy atom. The molecule has 1 aliphatic carbocycles. The molecule has 228 valence electrons. The van der Waals surface area contributed by atoms with Crippen LogP contribution in [0.4, 0.5) is 17.6 Å². The monoisotopic (exact) mass is 608 g/mol. The zero-order valence-corrected chi connectivity index (χ0v) is 26.5. The van der Waals surface area contributed by atoms with Crippen molar-refractivity contribution in [1.29, 1.82) is 0 Å². The van der Waals surface area contributed by atoms with E-state index in [9.17, 15) is 17.4 Å². The van der Waals surface area contributed by atoms with Crippen LogP contribution >= 0.6 is 0 Å². The first-order chi connectivity index (χ1) is 18.3. The fraction of sp³-hybridized carbons (Fsp3) is 0.741. The molecule has 13 heteroatoms. The van der Waals surface area contributed by atoms with E-state index in [-0.39, 0.29) is 30.0 Å². The Hall–Kier alpha value is -1.38. The summed E-state index contributed by atoms with van der Waals surface area (Å²) in [5.74, 6) is -0.0909. The van der Waals surface area contributed by atoms with Gasteiger partial charge in [-0.2, -0.15) is 13.2 Å².